The van der Waals surface area contributed by atoms with Crippen molar-refractivity contribution in [3.63, 3.8) is 0 Å². The van der Waals surface area contributed by atoms with Gasteiger partial charge in [-0.15, -0.1) is 0 Å². The highest BCUT2D eigenvalue weighted by molar-refractivity contribution is 5.80. The van der Waals surface area contributed by atoms with Gasteiger partial charge in [0, 0.05) is 13.1 Å². The van der Waals surface area contributed by atoms with Gasteiger partial charge in [0.05, 0.1) is 19.4 Å². The Hall–Kier alpha value is -2.73. The van der Waals surface area contributed by atoms with Crippen LogP contribution in [0.15, 0.2) is 54.6 Å². The summed E-state index contributed by atoms with van der Waals surface area (Å²) in [6.45, 7) is 1.52. The fourth-order valence-electron chi connectivity index (χ4n) is 3.92. The van der Waals surface area contributed by atoms with E-state index in [2.05, 4.69) is 0 Å². The first-order valence-electron chi connectivity index (χ1n) is 9.59. The molecule has 0 unspecified atom stereocenters. The molecule has 2 aromatic carbocycles. The number of halogens is 1. The first-order chi connectivity index (χ1) is 13.5. The molecule has 0 saturated carbocycles. The topological polar surface area (TPSA) is 49.9 Å². The molecule has 2 aliphatic heterocycles. The molecule has 2 fully saturated rings. The van der Waals surface area contributed by atoms with Gasteiger partial charge in [0.15, 0.2) is 0 Å². The van der Waals surface area contributed by atoms with Crippen LogP contribution in [-0.4, -0.2) is 40.5 Å². The summed E-state index contributed by atoms with van der Waals surface area (Å²) in [6.07, 6.45) is 1.79. The van der Waals surface area contributed by atoms with Gasteiger partial charge < -0.3 is 4.90 Å². The Labute approximate surface area is 163 Å². The minimum Gasteiger partial charge on any atom is -0.342 e. The van der Waals surface area contributed by atoms with Crippen LogP contribution in [0.4, 0.5) is 4.39 Å². The van der Waals surface area contributed by atoms with Crippen molar-refractivity contribution in [1.29, 1.82) is 0 Å². The van der Waals surface area contributed by atoms with Gasteiger partial charge in [-0.2, -0.15) is 0 Å². The zero-order valence-corrected chi connectivity index (χ0v) is 15.6. The van der Waals surface area contributed by atoms with Crippen molar-refractivity contribution in [2.24, 2.45) is 0 Å². The van der Waals surface area contributed by atoms with E-state index < -0.39 is 5.60 Å². The lowest BCUT2D eigenvalue weighted by atomic mass is 9.88. The molecule has 0 bridgehead atoms. The zero-order chi connectivity index (χ0) is 19.6. The second-order valence-corrected chi connectivity index (χ2v) is 7.55. The van der Waals surface area contributed by atoms with E-state index >= 15 is 0 Å². The number of carbonyl (C=O) groups excluding carboxylic acids is 2. The van der Waals surface area contributed by atoms with E-state index in [1.165, 1.54) is 17.2 Å². The summed E-state index contributed by atoms with van der Waals surface area (Å²) in [7, 11) is 0. The van der Waals surface area contributed by atoms with E-state index in [-0.39, 0.29) is 24.1 Å². The van der Waals surface area contributed by atoms with E-state index in [4.69, 9.17) is 4.84 Å². The van der Waals surface area contributed by atoms with Gasteiger partial charge in [0.2, 0.25) is 11.8 Å². The molecule has 6 heteroatoms. The highest BCUT2D eigenvalue weighted by atomic mass is 19.1. The largest absolute Gasteiger partial charge is 0.342 e. The maximum Gasteiger partial charge on any atom is 0.249 e. The molecule has 0 N–H and O–H groups in total. The van der Waals surface area contributed by atoms with Gasteiger partial charge in [-0.05, 0) is 36.1 Å². The smallest absolute Gasteiger partial charge is 0.249 e. The van der Waals surface area contributed by atoms with Crippen molar-refractivity contribution in [3.8, 4) is 0 Å². The molecule has 146 valence electrons. The highest BCUT2D eigenvalue weighted by Crippen LogP contribution is 2.37. The van der Waals surface area contributed by atoms with Crippen LogP contribution in [0.3, 0.4) is 0 Å². The van der Waals surface area contributed by atoms with E-state index in [0.717, 1.165) is 5.56 Å². The SMILES string of the molecule is O=C(Cc1cccc(F)c1)N1CCC2(CC1)CC(=O)N(Cc1ccccc1)O2. The van der Waals surface area contributed by atoms with Crippen molar-refractivity contribution >= 4 is 11.8 Å². The van der Waals surface area contributed by atoms with Crippen molar-refractivity contribution < 1.29 is 18.8 Å². The number of amides is 2. The van der Waals surface area contributed by atoms with Crippen molar-refractivity contribution in [2.75, 3.05) is 13.1 Å². The molecular weight excluding hydrogens is 359 g/mol. The van der Waals surface area contributed by atoms with Gasteiger partial charge in [-0.3, -0.25) is 14.4 Å². The molecule has 4 rings (SSSR count). The minimum atomic E-state index is -0.512. The number of nitrogens with zero attached hydrogens (tertiary/aromatic N) is 2. The molecule has 2 saturated heterocycles. The van der Waals surface area contributed by atoms with Crippen LogP contribution in [0.2, 0.25) is 0 Å². The number of hydroxylamine groups is 2. The molecule has 2 aromatic rings. The van der Waals surface area contributed by atoms with Crippen LogP contribution in [0.5, 0.6) is 0 Å². The van der Waals surface area contributed by atoms with Crippen molar-refractivity contribution in [1.82, 2.24) is 9.96 Å². The second kappa shape index (κ2) is 7.72. The summed E-state index contributed by atoms with van der Waals surface area (Å²) in [5, 5.41) is 1.46. The predicted octanol–water partition coefficient (Wildman–Crippen LogP) is 3.09. The fraction of sp³-hybridized carbons (Fsp3) is 0.364. The van der Waals surface area contributed by atoms with Gasteiger partial charge in [-0.25, -0.2) is 9.45 Å². The molecule has 0 aromatic heterocycles. The van der Waals surface area contributed by atoms with Crippen LogP contribution in [0.25, 0.3) is 0 Å². The lowest BCUT2D eigenvalue weighted by Gasteiger charge is -2.37. The molecule has 28 heavy (non-hydrogen) atoms. The summed E-state index contributed by atoms with van der Waals surface area (Å²) in [6, 6.07) is 15.9. The van der Waals surface area contributed by atoms with Crippen LogP contribution in [-0.2, 0) is 27.4 Å². The summed E-state index contributed by atoms with van der Waals surface area (Å²) >= 11 is 0. The number of hydrogen-bond donors (Lipinski definition) is 0. The molecule has 1 spiro atoms. The summed E-state index contributed by atoms with van der Waals surface area (Å²) in [4.78, 5) is 32.8. The van der Waals surface area contributed by atoms with Gasteiger partial charge >= 0.3 is 0 Å². The number of hydrogen-bond acceptors (Lipinski definition) is 3. The minimum absolute atomic E-state index is 0.0107. The maximum absolute atomic E-state index is 13.3. The molecule has 2 aliphatic rings. The standard InChI is InChI=1S/C22H23FN2O3/c23-19-8-4-7-18(13-19)14-20(26)24-11-9-22(10-12-24)15-21(27)25(28-22)16-17-5-2-1-3-6-17/h1-8,13H,9-12,14-16H2. The van der Waals surface area contributed by atoms with Crippen LogP contribution in [0, 0.1) is 5.82 Å². The van der Waals surface area contributed by atoms with E-state index in [0.29, 0.717) is 44.5 Å². The van der Waals surface area contributed by atoms with Crippen LogP contribution in [0.1, 0.15) is 30.4 Å². The number of piperidine rings is 1. The molecular formula is C22H23FN2O3. The average molecular weight is 382 g/mol. The molecule has 0 aliphatic carbocycles. The van der Waals surface area contributed by atoms with Gasteiger partial charge in [0.1, 0.15) is 11.4 Å². The number of rotatable bonds is 4. The maximum atomic E-state index is 13.3. The van der Waals surface area contributed by atoms with E-state index in [9.17, 15) is 14.0 Å². The highest BCUT2D eigenvalue weighted by Gasteiger charge is 2.47. The predicted molar refractivity (Wildman–Crippen MR) is 101 cm³/mol. The lowest BCUT2D eigenvalue weighted by Crippen LogP contribution is -2.47. The number of benzene rings is 2. The van der Waals surface area contributed by atoms with Gasteiger partial charge in [-0.1, -0.05) is 42.5 Å². The number of carbonyl (C=O) groups is 2. The number of likely N-dealkylation sites (tertiary alicyclic amines) is 1. The Morgan fingerprint density at radius 2 is 1.75 bits per heavy atom. The first kappa shape index (κ1) is 18.6. The summed E-state index contributed by atoms with van der Waals surface area (Å²) in [5.74, 6) is -0.367. The summed E-state index contributed by atoms with van der Waals surface area (Å²) < 4.78 is 13.3. The Morgan fingerprint density at radius 1 is 1.04 bits per heavy atom. The quantitative estimate of drug-likeness (QED) is 0.817. The Balaban J connectivity index is 1.33. The summed E-state index contributed by atoms with van der Waals surface area (Å²) in [5.41, 5.74) is 1.18. The average Bonchev–Trinajstić information content (AvgIpc) is 2.98. The Morgan fingerprint density at radius 3 is 2.46 bits per heavy atom. The third kappa shape index (κ3) is 4.07. The van der Waals surface area contributed by atoms with Crippen LogP contribution >= 0.6 is 0 Å². The van der Waals surface area contributed by atoms with Crippen molar-refractivity contribution in [3.05, 3.63) is 71.5 Å². The molecule has 0 radical (unpaired) electrons. The molecule has 5 nitrogen and oxygen atoms in total. The zero-order valence-electron chi connectivity index (χ0n) is 15.6. The van der Waals surface area contributed by atoms with E-state index in [1.807, 2.05) is 30.3 Å². The Kier molecular flexibility index (Phi) is 5.13. The molecule has 2 heterocycles. The van der Waals surface area contributed by atoms with E-state index in [1.54, 1.807) is 17.0 Å². The lowest BCUT2D eigenvalue weighted by molar-refractivity contribution is -0.214. The molecule has 0 atom stereocenters. The van der Waals surface area contributed by atoms with Gasteiger partial charge in [0.25, 0.3) is 0 Å². The third-order valence-corrected chi connectivity index (χ3v) is 5.50. The second-order valence-electron chi connectivity index (χ2n) is 7.55. The third-order valence-electron chi connectivity index (χ3n) is 5.50. The van der Waals surface area contributed by atoms with Crippen LogP contribution < -0.4 is 0 Å². The Bertz CT molecular complexity index is 863. The normalized spacial score (nSPS) is 18.7. The first-order valence-corrected chi connectivity index (χ1v) is 9.59. The molecule has 2 amide bonds. The van der Waals surface area contributed by atoms with Crippen molar-refractivity contribution in [2.45, 2.75) is 37.8 Å². The monoisotopic (exact) mass is 382 g/mol. The fourth-order valence-corrected chi connectivity index (χ4v) is 3.92.